The molecular formula is C16H24ClN3O. The van der Waals surface area contributed by atoms with Gasteiger partial charge in [-0.2, -0.15) is 0 Å². The number of benzene rings is 1. The Kier molecular flexibility index (Phi) is 5.12. The minimum Gasteiger partial charge on any atom is -0.355 e. The van der Waals surface area contributed by atoms with Crippen LogP contribution in [0.1, 0.15) is 32.8 Å². The van der Waals surface area contributed by atoms with Crippen molar-refractivity contribution in [3.8, 4) is 0 Å². The molecule has 0 saturated carbocycles. The zero-order valence-corrected chi connectivity index (χ0v) is 13.8. The fourth-order valence-corrected chi connectivity index (χ4v) is 2.83. The van der Waals surface area contributed by atoms with Crippen LogP contribution in [0, 0.1) is 0 Å². The van der Waals surface area contributed by atoms with Crippen LogP contribution in [0.5, 0.6) is 0 Å². The van der Waals surface area contributed by atoms with Gasteiger partial charge in [-0.25, -0.2) is 0 Å². The Labute approximate surface area is 131 Å². The Bertz CT molecular complexity index is 516. The van der Waals surface area contributed by atoms with Gasteiger partial charge in [0.2, 0.25) is 5.91 Å². The third-order valence-corrected chi connectivity index (χ3v) is 4.17. The maximum absolute atomic E-state index is 12.2. The Hall–Kier alpha value is -1.26. The smallest absolute Gasteiger partial charge is 0.245 e. The largest absolute Gasteiger partial charge is 0.355 e. The molecule has 0 spiro atoms. The molecule has 4 nitrogen and oxygen atoms in total. The number of rotatable bonds is 5. The van der Waals surface area contributed by atoms with Crippen LogP contribution in [-0.2, 0) is 11.3 Å². The summed E-state index contributed by atoms with van der Waals surface area (Å²) in [5.74, 6) is 0.0567. The van der Waals surface area contributed by atoms with Crippen LogP contribution in [0.3, 0.4) is 0 Å². The quantitative estimate of drug-likeness (QED) is 0.822. The van der Waals surface area contributed by atoms with Crippen molar-refractivity contribution in [1.82, 2.24) is 10.6 Å². The molecule has 1 aliphatic heterocycles. The van der Waals surface area contributed by atoms with E-state index in [0.29, 0.717) is 11.6 Å². The number of nitrogens with one attached hydrogen (secondary N) is 2. The lowest BCUT2D eigenvalue weighted by atomic mass is 9.96. The van der Waals surface area contributed by atoms with Crippen molar-refractivity contribution >= 4 is 23.2 Å². The fourth-order valence-electron chi connectivity index (χ4n) is 2.66. The number of piperazine rings is 1. The van der Waals surface area contributed by atoms with Crippen LogP contribution in [0.2, 0.25) is 5.02 Å². The van der Waals surface area contributed by atoms with Gasteiger partial charge in [0.1, 0.15) is 5.54 Å². The van der Waals surface area contributed by atoms with Crippen LogP contribution in [0.25, 0.3) is 0 Å². The first-order chi connectivity index (χ1) is 9.96. The minimum absolute atomic E-state index is 0.0567. The van der Waals surface area contributed by atoms with Gasteiger partial charge in [-0.1, -0.05) is 24.6 Å². The van der Waals surface area contributed by atoms with Gasteiger partial charge in [-0.15, -0.1) is 0 Å². The molecule has 0 aliphatic carbocycles. The number of hydrogen-bond donors (Lipinski definition) is 2. The summed E-state index contributed by atoms with van der Waals surface area (Å²) in [6.07, 6.45) is 1.10. The zero-order chi connectivity index (χ0) is 15.5. The molecule has 1 fully saturated rings. The first-order valence-electron chi connectivity index (χ1n) is 7.52. The number of halogens is 1. The molecule has 1 aliphatic rings. The molecule has 1 aromatic rings. The Balaban J connectivity index is 2.32. The molecule has 1 heterocycles. The van der Waals surface area contributed by atoms with Gasteiger partial charge in [-0.05, 0) is 44.5 Å². The van der Waals surface area contributed by atoms with Gasteiger partial charge in [-0.3, -0.25) is 4.79 Å². The van der Waals surface area contributed by atoms with Gasteiger partial charge in [0, 0.05) is 30.3 Å². The highest BCUT2D eigenvalue weighted by Gasteiger charge is 2.38. The van der Waals surface area contributed by atoms with Gasteiger partial charge >= 0.3 is 0 Å². The first-order valence-corrected chi connectivity index (χ1v) is 7.89. The van der Waals surface area contributed by atoms with E-state index in [1.165, 1.54) is 5.56 Å². The minimum atomic E-state index is -0.567. The first kappa shape index (κ1) is 16.1. The van der Waals surface area contributed by atoms with Crippen LogP contribution in [0.15, 0.2) is 18.2 Å². The third-order valence-electron chi connectivity index (χ3n) is 3.93. The number of anilines is 1. The molecule has 1 amide bonds. The standard InChI is InChI=1S/C16H24ClN3O/c1-4-7-18-11-12-5-6-13(17)10-14(12)20-9-8-19-15(21)16(20,2)3/h5-6,10,18H,4,7-9,11H2,1-3H3,(H,19,21). The SMILES string of the molecule is CCCNCc1ccc(Cl)cc1N1CCNC(=O)C1(C)C. The van der Waals surface area contributed by atoms with E-state index in [-0.39, 0.29) is 5.91 Å². The summed E-state index contributed by atoms with van der Waals surface area (Å²) in [7, 11) is 0. The summed E-state index contributed by atoms with van der Waals surface area (Å²) in [6.45, 7) is 9.27. The predicted molar refractivity (Wildman–Crippen MR) is 87.9 cm³/mol. The van der Waals surface area contributed by atoms with Crippen LogP contribution < -0.4 is 15.5 Å². The van der Waals surface area contributed by atoms with Crippen LogP contribution >= 0.6 is 11.6 Å². The lowest BCUT2D eigenvalue weighted by molar-refractivity contribution is -0.126. The number of hydrogen-bond acceptors (Lipinski definition) is 3. The van der Waals surface area contributed by atoms with Crippen molar-refractivity contribution in [2.75, 3.05) is 24.5 Å². The molecule has 2 rings (SSSR count). The molecule has 5 heteroatoms. The maximum atomic E-state index is 12.2. The van der Waals surface area contributed by atoms with Crippen molar-refractivity contribution in [3.63, 3.8) is 0 Å². The van der Waals surface area contributed by atoms with E-state index >= 15 is 0 Å². The molecule has 0 atom stereocenters. The highest BCUT2D eigenvalue weighted by atomic mass is 35.5. The molecule has 21 heavy (non-hydrogen) atoms. The summed E-state index contributed by atoms with van der Waals surface area (Å²) in [5, 5.41) is 7.05. The Morgan fingerprint density at radius 3 is 2.90 bits per heavy atom. The van der Waals surface area contributed by atoms with Crippen molar-refractivity contribution in [3.05, 3.63) is 28.8 Å². The summed E-state index contributed by atoms with van der Waals surface area (Å²) < 4.78 is 0. The van der Waals surface area contributed by atoms with Gasteiger partial charge in [0.05, 0.1) is 0 Å². The highest BCUT2D eigenvalue weighted by Crippen LogP contribution is 2.31. The number of amides is 1. The average Bonchev–Trinajstić information content (AvgIpc) is 2.44. The molecule has 1 aromatic carbocycles. The number of nitrogens with zero attached hydrogens (tertiary/aromatic N) is 1. The summed E-state index contributed by atoms with van der Waals surface area (Å²) >= 11 is 6.18. The third kappa shape index (κ3) is 3.50. The lowest BCUT2D eigenvalue weighted by Crippen LogP contribution is -2.62. The Morgan fingerprint density at radius 2 is 2.19 bits per heavy atom. The van der Waals surface area contributed by atoms with Gasteiger partial charge in [0.15, 0.2) is 0 Å². The van der Waals surface area contributed by atoms with Gasteiger partial charge < -0.3 is 15.5 Å². The molecule has 1 saturated heterocycles. The van der Waals surface area contributed by atoms with E-state index in [4.69, 9.17) is 11.6 Å². The van der Waals surface area contributed by atoms with E-state index in [1.54, 1.807) is 0 Å². The van der Waals surface area contributed by atoms with E-state index in [1.807, 2.05) is 32.0 Å². The molecule has 116 valence electrons. The zero-order valence-electron chi connectivity index (χ0n) is 13.0. The van der Waals surface area contributed by atoms with Crippen molar-refractivity contribution < 1.29 is 4.79 Å². The summed E-state index contributed by atoms with van der Waals surface area (Å²) in [6, 6.07) is 5.92. The summed E-state index contributed by atoms with van der Waals surface area (Å²) in [5.41, 5.74) is 1.66. The average molecular weight is 310 g/mol. The van der Waals surface area contributed by atoms with E-state index < -0.39 is 5.54 Å². The lowest BCUT2D eigenvalue weighted by Gasteiger charge is -2.43. The monoisotopic (exact) mass is 309 g/mol. The number of carbonyl (C=O) groups excluding carboxylic acids is 1. The highest BCUT2D eigenvalue weighted by molar-refractivity contribution is 6.30. The van der Waals surface area contributed by atoms with E-state index in [2.05, 4.69) is 22.5 Å². The molecular weight excluding hydrogens is 286 g/mol. The van der Waals surface area contributed by atoms with Crippen molar-refractivity contribution in [2.24, 2.45) is 0 Å². The van der Waals surface area contributed by atoms with E-state index in [0.717, 1.165) is 31.7 Å². The molecule has 0 aromatic heterocycles. The second kappa shape index (κ2) is 6.67. The van der Waals surface area contributed by atoms with Crippen molar-refractivity contribution in [2.45, 2.75) is 39.3 Å². The predicted octanol–water partition coefficient (Wildman–Crippen LogP) is 2.55. The molecule has 0 bridgehead atoms. The van der Waals surface area contributed by atoms with Crippen molar-refractivity contribution in [1.29, 1.82) is 0 Å². The maximum Gasteiger partial charge on any atom is 0.245 e. The molecule has 2 N–H and O–H groups in total. The fraction of sp³-hybridized carbons (Fsp3) is 0.562. The number of carbonyl (C=O) groups is 1. The second-order valence-electron chi connectivity index (χ2n) is 5.92. The molecule has 0 unspecified atom stereocenters. The normalized spacial score (nSPS) is 17.7. The second-order valence-corrected chi connectivity index (χ2v) is 6.35. The van der Waals surface area contributed by atoms with Crippen LogP contribution in [-0.4, -0.2) is 31.1 Å². The summed E-state index contributed by atoms with van der Waals surface area (Å²) in [4.78, 5) is 14.3. The topological polar surface area (TPSA) is 44.4 Å². The van der Waals surface area contributed by atoms with Crippen LogP contribution in [0.4, 0.5) is 5.69 Å². The van der Waals surface area contributed by atoms with Gasteiger partial charge in [0.25, 0.3) is 0 Å². The van der Waals surface area contributed by atoms with E-state index in [9.17, 15) is 4.79 Å². The molecule has 0 radical (unpaired) electrons. The Morgan fingerprint density at radius 1 is 1.43 bits per heavy atom.